The Kier molecular flexibility index (Phi) is 4.60. The molecular formula is C13H28N2. The minimum atomic E-state index is 0.347. The molecule has 0 unspecified atom stereocenters. The Morgan fingerprint density at radius 3 is 1.73 bits per heavy atom. The van der Waals surface area contributed by atoms with E-state index in [1.54, 1.807) is 0 Å². The van der Waals surface area contributed by atoms with Gasteiger partial charge in [0, 0.05) is 37.8 Å². The van der Waals surface area contributed by atoms with Crippen LogP contribution in [0.4, 0.5) is 0 Å². The predicted octanol–water partition coefficient (Wildman–Crippen LogP) is 2.59. The maximum atomic E-state index is 2.67. The molecule has 2 heteroatoms. The highest BCUT2D eigenvalue weighted by molar-refractivity contribution is 4.83. The molecule has 15 heavy (non-hydrogen) atoms. The normalized spacial score (nSPS) is 21.2. The first-order chi connectivity index (χ1) is 6.99. The maximum absolute atomic E-state index is 2.67. The molecule has 0 aromatic carbocycles. The van der Waals surface area contributed by atoms with E-state index in [4.69, 9.17) is 0 Å². The molecule has 0 saturated carbocycles. The first kappa shape index (κ1) is 13.0. The molecule has 1 aliphatic heterocycles. The molecule has 0 amide bonds. The molecular weight excluding hydrogens is 184 g/mol. The molecule has 2 nitrogen and oxygen atoms in total. The Morgan fingerprint density at radius 2 is 1.40 bits per heavy atom. The third-order valence-electron chi connectivity index (χ3n) is 3.72. The lowest BCUT2D eigenvalue weighted by atomic mass is 10.0. The Morgan fingerprint density at radius 1 is 0.933 bits per heavy atom. The minimum absolute atomic E-state index is 0.347. The fraction of sp³-hybridized carbons (Fsp3) is 1.00. The highest BCUT2D eigenvalue weighted by Crippen LogP contribution is 2.18. The van der Waals surface area contributed by atoms with Gasteiger partial charge in [0.2, 0.25) is 0 Å². The summed E-state index contributed by atoms with van der Waals surface area (Å²) in [7, 11) is 0. The maximum Gasteiger partial charge on any atom is 0.0126 e. The second kappa shape index (κ2) is 5.31. The number of hydrogen-bond acceptors (Lipinski definition) is 2. The van der Waals surface area contributed by atoms with Crippen molar-refractivity contribution in [1.29, 1.82) is 0 Å². The minimum Gasteiger partial charge on any atom is -0.298 e. The number of nitrogens with zero attached hydrogens (tertiary/aromatic N) is 2. The standard InChI is InChI=1S/C13H28N2/c1-6-12(7-2)14-8-10-15(11-9-14)13(3,4)5/h12H,6-11H2,1-5H3. The number of rotatable bonds is 3. The summed E-state index contributed by atoms with van der Waals surface area (Å²) in [6.45, 7) is 16.6. The lowest BCUT2D eigenvalue weighted by molar-refractivity contribution is 0.0402. The molecule has 1 saturated heterocycles. The zero-order valence-electron chi connectivity index (χ0n) is 11.2. The lowest BCUT2D eigenvalue weighted by Crippen LogP contribution is -2.55. The van der Waals surface area contributed by atoms with Crippen LogP contribution in [0.1, 0.15) is 47.5 Å². The molecule has 0 spiro atoms. The van der Waals surface area contributed by atoms with E-state index in [1.807, 2.05) is 0 Å². The van der Waals surface area contributed by atoms with Crippen molar-refractivity contribution in [3.05, 3.63) is 0 Å². The second-order valence-electron chi connectivity index (χ2n) is 5.66. The van der Waals surface area contributed by atoms with Gasteiger partial charge in [-0.25, -0.2) is 0 Å². The molecule has 0 atom stereocenters. The Labute approximate surface area is 95.6 Å². The SMILES string of the molecule is CCC(CC)N1CCN(C(C)(C)C)CC1. The molecule has 0 bridgehead atoms. The van der Waals surface area contributed by atoms with Crippen molar-refractivity contribution in [2.75, 3.05) is 26.2 Å². The van der Waals surface area contributed by atoms with Gasteiger partial charge in [-0.15, -0.1) is 0 Å². The smallest absolute Gasteiger partial charge is 0.0126 e. The molecule has 0 radical (unpaired) electrons. The summed E-state index contributed by atoms with van der Waals surface area (Å²) >= 11 is 0. The van der Waals surface area contributed by atoms with Crippen LogP contribution < -0.4 is 0 Å². The van der Waals surface area contributed by atoms with Crippen LogP contribution in [0.15, 0.2) is 0 Å². The van der Waals surface area contributed by atoms with Crippen LogP contribution in [0.3, 0.4) is 0 Å². The molecule has 1 aliphatic rings. The van der Waals surface area contributed by atoms with Gasteiger partial charge in [-0.3, -0.25) is 9.80 Å². The topological polar surface area (TPSA) is 6.48 Å². The quantitative estimate of drug-likeness (QED) is 0.709. The fourth-order valence-corrected chi connectivity index (χ4v) is 2.56. The van der Waals surface area contributed by atoms with E-state index in [2.05, 4.69) is 44.4 Å². The number of piperazine rings is 1. The van der Waals surface area contributed by atoms with Crippen LogP contribution >= 0.6 is 0 Å². The summed E-state index contributed by atoms with van der Waals surface area (Å²) in [6.07, 6.45) is 2.60. The van der Waals surface area contributed by atoms with E-state index < -0.39 is 0 Å². The largest absolute Gasteiger partial charge is 0.298 e. The van der Waals surface area contributed by atoms with Gasteiger partial charge in [-0.1, -0.05) is 13.8 Å². The van der Waals surface area contributed by atoms with Crippen LogP contribution in [0.5, 0.6) is 0 Å². The van der Waals surface area contributed by atoms with E-state index in [9.17, 15) is 0 Å². The first-order valence-corrected chi connectivity index (χ1v) is 6.48. The Balaban J connectivity index is 2.42. The van der Waals surface area contributed by atoms with Gasteiger partial charge in [0.15, 0.2) is 0 Å². The molecule has 1 heterocycles. The van der Waals surface area contributed by atoms with Crippen molar-refractivity contribution in [1.82, 2.24) is 9.80 Å². The van der Waals surface area contributed by atoms with Crippen LogP contribution in [0, 0.1) is 0 Å². The van der Waals surface area contributed by atoms with Crippen molar-refractivity contribution in [3.8, 4) is 0 Å². The van der Waals surface area contributed by atoms with Crippen molar-refractivity contribution in [3.63, 3.8) is 0 Å². The monoisotopic (exact) mass is 212 g/mol. The van der Waals surface area contributed by atoms with Gasteiger partial charge in [0.05, 0.1) is 0 Å². The highest BCUT2D eigenvalue weighted by Gasteiger charge is 2.27. The van der Waals surface area contributed by atoms with Crippen molar-refractivity contribution < 1.29 is 0 Å². The first-order valence-electron chi connectivity index (χ1n) is 6.48. The molecule has 0 aromatic rings. The summed E-state index contributed by atoms with van der Waals surface area (Å²) in [5.41, 5.74) is 0.347. The Hall–Kier alpha value is -0.0800. The second-order valence-corrected chi connectivity index (χ2v) is 5.66. The average molecular weight is 212 g/mol. The van der Waals surface area contributed by atoms with Gasteiger partial charge in [0.25, 0.3) is 0 Å². The lowest BCUT2D eigenvalue weighted by Gasteiger charge is -2.44. The van der Waals surface area contributed by atoms with Gasteiger partial charge in [-0.05, 0) is 33.6 Å². The third-order valence-corrected chi connectivity index (χ3v) is 3.72. The van der Waals surface area contributed by atoms with E-state index in [-0.39, 0.29) is 0 Å². The van der Waals surface area contributed by atoms with Crippen LogP contribution in [-0.4, -0.2) is 47.6 Å². The summed E-state index contributed by atoms with van der Waals surface area (Å²) in [5, 5.41) is 0. The van der Waals surface area contributed by atoms with E-state index in [0.29, 0.717) is 5.54 Å². The average Bonchev–Trinajstić information content (AvgIpc) is 2.19. The van der Waals surface area contributed by atoms with Crippen molar-refractivity contribution in [2.45, 2.75) is 59.0 Å². The van der Waals surface area contributed by atoms with E-state index >= 15 is 0 Å². The van der Waals surface area contributed by atoms with Crippen LogP contribution in [-0.2, 0) is 0 Å². The van der Waals surface area contributed by atoms with Crippen LogP contribution in [0.25, 0.3) is 0 Å². The summed E-state index contributed by atoms with van der Waals surface area (Å²) in [4.78, 5) is 5.27. The Bertz CT molecular complexity index is 171. The fourth-order valence-electron chi connectivity index (χ4n) is 2.56. The zero-order chi connectivity index (χ0) is 11.5. The zero-order valence-corrected chi connectivity index (χ0v) is 11.2. The van der Waals surface area contributed by atoms with Crippen LogP contribution in [0.2, 0.25) is 0 Å². The number of hydrogen-bond donors (Lipinski definition) is 0. The van der Waals surface area contributed by atoms with Crippen molar-refractivity contribution >= 4 is 0 Å². The summed E-state index contributed by atoms with van der Waals surface area (Å²) < 4.78 is 0. The third kappa shape index (κ3) is 3.46. The molecule has 1 rings (SSSR count). The van der Waals surface area contributed by atoms with Gasteiger partial charge >= 0.3 is 0 Å². The summed E-state index contributed by atoms with van der Waals surface area (Å²) in [5.74, 6) is 0. The molecule has 90 valence electrons. The molecule has 0 N–H and O–H groups in total. The van der Waals surface area contributed by atoms with Crippen molar-refractivity contribution in [2.24, 2.45) is 0 Å². The predicted molar refractivity (Wildman–Crippen MR) is 67.3 cm³/mol. The molecule has 0 aliphatic carbocycles. The van der Waals surface area contributed by atoms with Gasteiger partial charge in [-0.2, -0.15) is 0 Å². The summed E-state index contributed by atoms with van der Waals surface area (Å²) in [6, 6.07) is 0.812. The van der Waals surface area contributed by atoms with Gasteiger partial charge in [0.1, 0.15) is 0 Å². The molecule has 0 aromatic heterocycles. The van der Waals surface area contributed by atoms with Gasteiger partial charge < -0.3 is 0 Å². The molecule has 1 fully saturated rings. The van der Waals surface area contributed by atoms with E-state index in [0.717, 1.165) is 6.04 Å². The van der Waals surface area contributed by atoms with E-state index in [1.165, 1.54) is 39.0 Å². The highest BCUT2D eigenvalue weighted by atomic mass is 15.3.